The van der Waals surface area contributed by atoms with Crippen molar-refractivity contribution in [1.29, 1.82) is 0 Å². The van der Waals surface area contributed by atoms with Crippen LogP contribution in [0.5, 0.6) is 0 Å². The third-order valence-electron chi connectivity index (χ3n) is 2.65. The zero-order valence-electron chi connectivity index (χ0n) is 8.36. The fourth-order valence-electron chi connectivity index (χ4n) is 1.64. The molecule has 1 heterocycles. The van der Waals surface area contributed by atoms with Gasteiger partial charge in [0.25, 0.3) is 0 Å². The molecule has 1 fully saturated rings. The van der Waals surface area contributed by atoms with Gasteiger partial charge in [0.15, 0.2) is 0 Å². The van der Waals surface area contributed by atoms with Crippen LogP contribution in [0, 0.1) is 0 Å². The molecular formula is C9H16N4O. The van der Waals surface area contributed by atoms with Crippen LogP contribution >= 0.6 is 0 Å². The lowest BCUT2D eigenvalue weighted by atomic mass is 9.85. The van der Waals surface area contributed by atoms with Gasteiger partial charge in [0.2, 0.25) is 0 Å². The smallest absolute Gasteiger partial charge is 0.326 e. The Morgan fingerprint density at radius 2 is 2.43 bits per heavy atom. The van der Waals surface area contributed by atoms with E-state index in [1.165, 1.54) is 11.1 Å². The number of hydrogen-bond acceptors (Lipinski definition) is 3. The lowest BCUT2D eigenvalue weighted by molar-refractivity contribution is 0.397. The number of nitrogens with two attached hydrogens (primary N) is 1. The van der Waals surface area contributed by atoms with Gasteiger partial charge in [0.05, 0.1) is 6.54 Å². The van der Waals surface area contributed by atoms with E-state index >= 15 is 0 Å². The van der Waals surface area contributed by atoms with Crippen LogP contribution in [-0.2, 0) is 6.54 Å². The molecule has 78 valence electrons. The first-order valence-corrected chi connectivity index (χ1v) is 5.09. The Hall–Kier alpha value is -1.10. The summed E-state index contributed by atoms with van der Waals surface area (Å²) in [6, 6.07) is -0.0368. The molecule has 3 N–H and O–H groups in total. The molecule has 1 saturated carbocycles. The predicted molar refractivity (Wildman–Crippen MR) is 53.1 cm³/mol. The highest BCUT2D eigenvalue weighted by atomic mass is 16.1. The van der Waals surface area contributed by atoms with Crippen LogP contribution < -0.4 is 11.4 Å². The Bertz CT molecular complexity index is 361. The number of rotatable bonds is 3. The van der Waals surface area contributed by atoms with E-state index in [1.807, 2.05) is 6.92 Å². The summed E-state index contributed by atoms with van der Waals surface area (Å²) in [7, 11) is 0. The second-order valence-corrected chi connectivity index (χ2v) is 4.10. The molecule has 1 unspecified atom stereocenters. The first-order chi connectivity index (χ1) is 6.66. The molecule has 0 saturated heterocycles. The van der Waals surface area contributed by atoms with Crippen LogP contribution in [0.15, 0.2) is 4.79 Å². The molecule has 5 nitrogen and oxygen atoms in total. The Balaban J connectivity index is 2.16. The molecule has 0 spiro atoms. The molecule has 1 aromatic heterocycles. The van der Waals surface area contributed by atoms with Crippen molar-refractivity contribution in [3.05, 3.63) is 16.3 Å². The maximum Gasteiger partial charge on any atom is 0.343 e. The summed E-state index contributed by atoms with van der Waals surface area (Å²) in [6.45, 7) is 2.35. The molecule has 1 atom stereocenters. The van der Waals surface area contributed by atoms with Crippen molar-refractivity contribution in [2.75, 3.05) is 0 Å². The predicted octanol–water partition coefficient (Wildman–Crippen LogP) is 0.186. The molecule has 2 rings (SSSR count). The zero-order valence-corrected chi connectivity index (χ0v) is 8.36. The topological polar surface area (TPSA) is 76.7 Å². The first-order valence-electron chi connectivity index (χ1n) is 5.09. The molecule has 5 heteroatoms. The van der Waals surface area contributed by atoms with Gasteiger partial charge in [0, 0.05) is 12.0 Å². The minimum atomic E-state index is -0.135. The summed E-state index contributed by atoms with van der Waals surface area (Å²) in [5.74, 6) is 1.30. The molecule has 1 aliphatic rings. The van der Waals surface area contributed by atoms with E-state index < -0.39 is 0 Å². The molecule has 1 aliphatic carbocycles. The van der Waals surface area contributed by atoms with Gasteiger partial charge >= 0.3 is 5.69 Å². The number of H-pyrrole nitrogens is 1. The summed E-state index contributed by atoms with van der Waals surface area (Å²) in [6.07, 6.45) is 3.53. The van der Waals surface area contributed by atoms with Gasteiger partial charge < -0.3 is 5.73 Å². The highest BCUT2D eigenvalue weighted by Crippen LogP contribution is 2.33. The average Bonchev–Trinajstić information content (AvgIpc) is 2.27. The van der Waals surface area contributed by atoms with Crippen molar-refractivity contribution >= 4 is 0 Å². The fraction of sp³-hybridized carbons (Fsp3) is 0.778. The number of aromatic amines is 1. The summed E-state index contributed by atoms with van der Waals surface area (Å²) in [4.78, 5) is 14.2. The summed E-state index contributed by atoms with van der Waals surface area (Å²) < 4.78 is 1.43. The second kappa shape index (κ2) is 3.57. The summed E-state index contributed by atoms with van der Waals surface area (Å²) >= 11 is 0. The van der Waals surface area contributed by atoms with E-state index in [0.29, 0.717) is 12.5 Å². The van der Waals surface area contributed by atoms with Gasteiger partial charge in [-0.25, -0.2) is 9.48 Å². The van der Waals surface area contributed by atoms with Crippen LogP contribution in [0.2, 0.25) is 0 Å². The lowest BCUT2D eigenvalue weighted by Crippen LogP contribution is -2.29. The average molecular weight is 196 g/mol. The summed E-state index contributed by atoms with van der Waals surface area (Å²) in [5, 5.41) is 4.24. The van der Waals surface area contributed by atoms with Gasteiger partial charge in [-0.15, -0.1) is 0 Å². The molecule has 0 amide bonds. The summed E-state index contributed by atoms with van der Waals surface area (Å²) in [5.41, 5.74) is 5.48. The maximum absolute atomic E-state index is 11.4. The van der Waals surface area contributed by atoms with E-state index in [1.54, 1.807) is 0 Å². The second-order valence-electron chi connectivity index (χ2n) is 4.10. The maximum atomic E-state index is 11.4. The van der Waals surface area contributed by atoms with Crippen LogP contribution in [0.3, 0.4) is 0 Å². The molecule has 1 aromatic rings. The van der Waals surface area contributed by atoms with E-state index in [9.17, 15) is 4.79 Å². The van der Waals surface area contributed by atoms with Gasteiger partial charge in [-0.2, -0.15) is 5.10 Å². The Morgan fingerprint density at radius 1 is 1.71 bits per heavy atom. The molecular weight excluding hydrogens is 180 g/mol. The normalized spacial score (nSPS) is 19.3. The van der Waals surface area contributed by atoms with Crippen molar-refractivity contribution in [3.8, 4) is 0 Å². The van der Waals surface area contributed by atoms with E-state index in [-0.39, 0.29) is 11.7 Å². The quantitative estimate of drug-likeness (QED) is 0.724. The highest BCUT2D eigenvalue weighted by Gasteiger charge is 2.23. The fourth-order valence-corrected chi connectivity index (χ4v) is 1.64. The highest BCUT2D eigenvalue weighted by molar-refractivity contribution is 4.98. The minimum Gasteiger partial charge on any atom is -0.326 e. The molecule has 0 radical (unpaired) electrons. The third-order valence-corrected chi connectivity index (χ3v) is 2.65. The van der Waals surface area contributed by atoms with Gasteiger partial charge in [-0.05, 0) is 19.8 Å². The van der Waals surface area contributed by atoms with Crippen molar-refractivity contribution < 1.29 is 0 Å². The van der Waals surface area contributed by atoms with Crippen LogP contribution in [0.4, 0.5) is 0 Å². The van der Waals surface area contributed by atoms with Crippen LogP contribution in [0.25, 0.3) is 0 Å². The van der Waals surface area contributed by atoms with Gasteiger partial charge in [-0.1, -0.05) is 6.42 Å². The van der Waals surface area contributed by atoms with Gasteiger partial charge in [-0.3, -0.25) is 4.98 Å². The Kier molecular flexibility index (Phi) is 2.41. The Labute approximate surface area is 82.3 Å². The monoisotopic (exact) mass is 196 g/mol. The van der Waals surface area contributed by atoms with Crippen molar-refractivity contribution in [2.24, 2.45) is 5.73 Å². The van der Waals surface area contributed by atoms with E-state index in [4.69, 9.17) is 5.73 Å². The molecule has 0 aromatic carbocycles. The van der Waals surface area contributed by atoms with E-state index in [0.717, 1.165) is 18.7 Å². The van der Waals surface area contributed by atoms with Crippen LogP contribution in [-0.4, -0.2) is 20.8 Å². The molecule has 0 aliphatic heterocycles. The molecule has 0 bridgehead atoms. The Morgan fingerprint density at radius 3 is 2.93 bits per heavy atom. The van der Waals surface area contributed by atoms with Gasteiger partial charge in [0.1, 0.15) is 5.82 Å². The third kappa shape index (κ3) is 1.72. The first kappa shape index (κ1) is 9.45. The lowest BCUT2D eigenvalue weighted by Gasteiger charge is -2.22. The number of aromatic nitrogens is 3. The SMILES string of the molecule is CC(N)Cn1nc(C2CCC2)[nH]c1=O. The minimum absolute atomic E-state index is 0.0368. The van der Waals surface area contributed by atoms with Crippen molar-refractivity contribution in [2.45, 2.75) is 44.7 Å². The largest absolute Gasteiger partial charge is 0.343 e. The number of nitrogens with zero attached hydrogens (tertiary/aromatic N) is 2. The van der Waals surface area contributed by atoms with Crippen LogP contribution in [0.1, 0.15) is 37.9 Å². The standard InChI is InChI=1S/C9H16N4O/c1-6(10)5-13-9(14)11-8(12-13)7-3-2-4-7/h6-7H,2-5,10H2,1H3,(H,11,12,14). The van der Waals surface area contributed by atoms with E-state index in [2.05, 4.69) is 10.1 Å². The number of nitrogens with one attached hydrogen (secondary N) is 1. The zero-order chi connectivity index (χ0) is 10.1. The molecule has 14 heavy (non-hydrogen) atoms. The van der Waals surface area contributed by atoms with Crippen molar-refractivity contribution in [3.63, 3.8) is 0 Å². The number of hydrogen-bond donors (Lipinski definition) is 2. The van der Waals surface area contributed by atoms with Crippen molar-refractivity contribution in [1.82, 2.24) is 14.8 Å².